The van der Waals surface area contributed by atoms with Crippen molar-refractivity contribution >= 4 is 5.82 Å². The van der Waals surface area contributed by atoms with Crippen molar-refractivity contribution in [1.29, 1.82) is 0 Å². The van der Waals surface area contributed by atoms with E-state index < -0.39 is 0 Å². The first-order chi connectivity index (χ1) is 10.7. The molecule has 0 fully saturated rings. The molecule has 112 valence electrons. The molecular weight excluding hydrogens is 276 g/mol. The quantitative estimate of drug-likeness (QED) is 0.783. The molecule has 6 heteroatoms. The second-order valence-corrected chi connectivity index (χ2v) is 5.19. The summed E-state index contributed by atoms with van der Waals surface area (Å²) in [6.07, 6.45) is 3.26. The molecule has 0 radical (unpaired) electrons. The first-order valence-electron chi connectivity index (χ1n) is 7.21. The van der Waals surface area contributed by atoms with Crippen LogP contribution in [0.5, 0.6) is 0 Å². The fourth-order valence-corrected chi connectivity index (χ4v) is 2.17. The lowest BCUT2D eigenvalue weighted by Crippen LogP contribution is -2.17. The maximum atomic E-state index is 4.59. The molecule has 22 heavy (non-hydrogen) atoms. The second-order valence-electron chi connectivity index (χ2n) is 5.19. The minimum Gasteiger partial charge on any atom is -0.368 e. The van der Waals surface area contributed by atoms with Gasteiger partial charge in [-0.2, -0.15) is 5.10 Å². The first kappa shape index (κ1) is 14.2. The Morgan fingerprint density at radius 2 is 2.00 bits per heavy atom. The van der Waals surface area contributed by atoms with Gasteiger partial charge in [0.2, 0.25) is 0 Å². The van der Waals surface area contributed by atoms with Gasteiger partial charge in [-0.3, -0.25) is 0 Å². The maximum absolute atomic E-state index is 4.59. The van der Waals surface area contributed by atoms with Crippen molar-refractivity contribution in [3.05, 3.63) is 54.7 Å². The van der Waals surface area contributed by atoms with Crippen LogP contribution in [-0.4, -0.2) is 31.3 Å². The Morgan fingerprint density at radius 1 is 1.18 bits per heavy atom. The zero-order valence-corrected chi connectivity index (χ0v) is 12.6. The van der Waals surface area contributed by atoms with Gasteiger partial charge in [-0.25, -0.2) is 19.6 Å². The summed E-state index contributed by atoms with van der Waals surface area (Å²) in [4.78, 5) is 13.1. The summed E-state index contributed by atoms with van der Waals surface area (Å²) in [7, 11) is 0. The second kappa shape index (κ2) is 6.34. The average molecular weight is 294 g/mol. The summed E-state index contributed by atoms with van der Waals surface area (Å²) >= 11 is 0. The molecule has 0 amide bonds. The van der Waals surface area contributed by atoms with Crippen LogP contribution in [0.3, 0.4) is 0 Å². The molecule has 2 aromatic heterocycles. The molecule has 0 aliphatic rings. The van der Waals surface area contributed by atoms with E-state index in [2.05, 4.69) is 32.3 Å². The van der Waals surface area contributed by atoms with Crippen LogP contribution in [0.4, 0.5) is 5.82 Å². The summed E-state index contributed by atoms with van der Waals surface area (Å²) in [6, 6.07) is 12.1. The predicted octanol–water partition coefficient (Wildman–Crippen LogP) is 2.72. The van der Waals surface area contributed by atoms with E-state index in [9.17, 15) is 0 Å². The number of hydrogen-bond acceptors (Lipinski definition) is 5. The Morgan fingerprint density at radius 3 is 2.73 bits per heavy atom. The topological polar surface area (TPSA) is 68.5 Å². The number of anilines is 1. The smallest absolute Gasteiger partial charge is 0.161 e. The number of benzene rings is 1. The highest BCUT2D eigenvalue weighted by molar-refractivity contribution is 5.57. The van der Waals surface area contributed by atoms with Crippen LogP contribution in [0.2, 0.25) is 0 Å². The standard InChI is InChI=1S/C16H18N6/c1-12-8-15(18-9-13(2)22-11-17-10-19-22)21-16(20-12)14-6-4-3-5-7-14/h3-8,10-11,13H,9H2,1-2H3,(H,18,20,21)/t13-/m1/s1. The summed E-state index contributed by atoms with van der Waals surface area (Å²) in [6.45, 7) is 4.77. The van der Waals surface area contributed by atoms with Crippen LogP contribution in [0, 0.1) is 6.92 Å². The van der Waals surface area contributed by atoms with Gasteiger partial charge >= 0.3 is 0 Å². The Labute approximate surface area is 129 Å². The molecule has 0 aliphatic heterocycles. The third-order valence-electron chi connectivity index (χ3n) is 3.35. The molecule has 3 rings (SSSR count). The predicted molar refractivity (Wildman–Crippen MR) is 85.4 cm³/mol. The Hall–Kier alpha value is -2.76. The van der Waals surface area contributed by atoms with E-state index in [0.717, 1.165) is 22.9 Å². The van der Waals surface area contributed by atoms with Gasteiger partial charge in [0.05, 0.1) is 6.04 Å². The minimum absolute atomic E-state index is 0.193. The highest BCUT2D eigenvalue weighted by Crippen LogP contribution is 2.17. The third-order valence-corrected chi connectivity index (χ3v) is 3.35. The van der Waals surface area contributed by atoms with Crippen molar-refractivity contribution < 1.29 is 0 Å². The third kappa shape index (κ3) is 3.28. The zero-order chi connectivity index (χ0) is 15.4. The molecule has 1 aromatic carbocycles. The van der Waals surface area contributed by atoms with E-state index in [-0.39, 0.29) is 6.04 Å². The van der Waals surface area contributed by atoms with Gasteiger partial charge in [-0.1, -0.05) is 30.3 Å². The highest BCUT2D eigenvalue weighted by Gasteiger charge is 2.08. The van der Waals surface area contributed by atoms with Crippen molar-refractivity contribution in [2.45, 2.75) is 19.9 Å². The molecule has 0 saturated heterocycles. The molecule has 1 atom stereocenters. The van der Waals surface area contributed by atoms with Gasteiger partial charge in [-0.05, 0) is 13.8 Å². The van der Waals surface area contributed by atoms with Gasteiger partial charge < -0.3 is 5.32 Å². The molecule has 0 spiro atoms. The Bertz CT molecular complexity index is 724. The lowest BCUT2D eigenvalue weighted by molar-refractivity contribution is 0.510. The van der Waals surface area contributed by atoms with E-state index in [1.807, 2.05) is 48.0 Å². The van der Waals surface area contributed by atoms with Crippen molar-refractivity contribution in [3.8, 4) is 11.4 Å². The maximum Gasteiger partial charge on any atom is 0.161 e. The lowest BCUT2D eigenvalue weighted by atomic mass is 10.2. The summed E-state index contributed by atoms with van der Waals surface area (Å²) in [5.41, 5.74) is 1.95. The molecule has 0 bridgehead atoms. The Balaban J connectivity index is 1.75. The number of aryl methyl sites for hydroxylation is 1. The summed E-state index contributed by atoms with van der Waals surface area (Å²) < 4.78 is 1.82. The van der Waals surface area contributed by atoms with Crippen molar-refractivity contribution in [2.24, 2.45) is 0 Å². The molecule has 1 N–H and O–H groups in total. The molecule has 2 heterocycles. The monoisotopic (exact) mass is 294 g/mol. The number of aromatic nitrogens is 5. The number of nitrogens with zero attached hydrogens (tertiary/aromatic N) is 5. The van der Waals surface area contributed by atoms with Gasteiger partial charge in [0, 0.05) is 23.9 Å². The van der Waals surface area contributed by atoms with E-state index in [0.29, 0.717) is 6.54 Å². The molecule has 0 aliphatic carbocycles. The minimum atomic E-state index is 0.193. The highest BCUT2D eigenvalue weighted by atomic mass is 15.3. The lowest BCUT2D eigenvalue weighted by Gasteiger charge is -2.14. The van der Waals surface area contributed by atoms with Crippen molar-refractivity contribution in [2.75, 3.05) is 11.9 Å². The molecular formula is C16H18N6. The van der Waals surface area contributed by atoms with Crippen LogP contribution in [-0.2, 0) is 0 Å². The van der Waals surface area contributed by atoms with Gasteiger partial charge in [-0.15, -0.1) is 0 Å². The van der Waals surface area contributed by atoms with Gasteiger partial charge in [0.15, 0.2) is 5.82 Å². The number of hydrogen-bond donors (Lipinski definition) is 1. The van der Waals surface area contributed by atoms with Gasteiger partial charge in [0.25, 0.3) is 0 Å². The zero-order valence-electron chi connectivity index (χ0n) is 12.6. The van der Waals surface area contributed by atoms with Crippen LogP contribution >= 0.6 is 0 Å². The van der Waals surface area contributed by atoms with Crippen LogP contribution in [0.25, 0.3) is 11.4 Å². The van der Waals surface area contributed by atoms with E-state index in [4.69, 9.17) is 0 Å². The molecule has 0 saturated carbocycles. The molecule has 0 unspecified atom stereocenters. The summed E-state index contributed by atoms with van der Waals surface area (Å²) in [5.74, 6) is 1.55. The van der Waals surface area contributed by atoms with Crippen LogP contribution in [0.1, 0.15) is 18.7 Å². The number of rotatable bonds is 5. The van der Waals surface area contributed by atoms with E-state index >= 15 is 0 Å². The fourth-order valence-electron chi connectivity index (χ4n) is 2.17. The summed E-state index contributed by atoms with van der Waals surface area (Å²) in [5, 5.41) is 7.49. The van der Waals surface area contributed by atoms with Crippen LogP contribution < -0.4 is 5.32 Å². The normalized spacial score (nSPS) is 12.1. The molecule has 3 aromatic rings. The van der Waals surface area contributed by atoms with Crippen molar-refractivity contribution in [3.63, 3.8) is 0 Å². The fraction of sp³-hybridized carbons (Fsp3) is 0.250. The van der Waals surface area contributed by atoms with Gasteiger partial charge in [0.1, 0.15) is 18.5 Å². The largest absolute Gasteiger partial charge is 0.368 e. The van der Waals surface area contributed by atoms with Crippen molar-refractivity contribution in [1.82, 2.24) is 24.7 Å². The van der Waals surface area contributed by atoms with Crippen LogP contribution in [0.15, 0.2) is 49.1 Å². The van der Waals surface area contributed by atoms with E-state index in [1.54, 1.807) is 12.7 Å². The molecule has 6 nitrogen and oxygen atoms in total. The first-order valence-corrected chi connectivity index (χ1v) is 7.21. The van der Waals surface area contributed by atoms with E-state index in [1.165, 1.54) is 0 Å². The Kier molecular flexibility index (Phi) is 4.09. The SMILES string of the molecule is Cc1cc(NC[C@@H](C)n2cncn2)nc(-c2ccccc2)n1. The average Bonchev–Trinajstić information content (AvgIpc) is 3.07. The number of nitrogens with one attached hydrogen (secondary N) is 1.